The Bertz CT molecular complexity index is 1420. The summed E-state index contributed by atoms with van der Waals surface area (Å²) in [6, 6.07) is 21.3. The van der Waals surface area contributed by atoms with Gasteiger partial charge in [-0.15, -0.1) is 0 Å². The average molecular weight is 485 g/mol. The molecule has 1 aliphatic heterocycles. The van der Waals surface area contributed by atoms with E-state index in [0.29, 0.717) is 10.8 Å². The Balaban J connectivity index is 1.70. The lowest BCUT2D eigenvalue weighted by Gasteiger charge is -2.28. The molecular weight excluding hydrogens is 460 g/mol. The molecule has 3 N–H and O–H groups in total. The molecule has 0 saturated carbocycles. The number of aromatic nitrogens is 2. The topological polar surface area (TPSA) is 90.6 Å². The van der Waals surface area contributed by atoms with Gasteiger partial charge in [0.25, 0.3) is 0 Å². The number of phenols is 1. The minimum Gasteiger partial charge on any atom is -0.508 e. The lowest BCUT2D eigenvalue weighted by molar-refractivity contribution is 0.0697. The Morgan fingerprint density at radius 2 is 1.74 bits per heavy atom. The highest BCUT2D eigenvalue weighted by Crippen LogP contribution is 2.44. The number of thiocarbonyl (C=S) groups is 1. The van der Waals surface area contributed by atoms with Crippen molar-refractivity contribution in [1.29, 1.82) is 0 Å². The van der Waals surface area contributed by atoms with Gasteiger partial charge in [0.2, 0.25) is 0 Å². The molecule has 0 bridgehead atoms. The van der Waals surface area contributed by atoms with Crippen LogP contribution in [-0.2, 0) is 0 Å². The van der Waals surface area contributed by atoms with E-state index < -0.39 is 5.97 Å². The van der Waals surface area contributed by atoms with Crippen LogP contribution in [0.5, 0.6) is 5.75 Å². The van der Waals surface area contributed by atoms with Crippen molar-refractivity contribution in [3.63, 3.8) is 0 Å². The van der Waals surface area contributed by atoms with E-state index in [1.807, 2.05) is 65.8 Å². The number of carbonyl (C=O) groups is 1. The summed E-state index contributed by atoms with van der Waals surface area (Å²) in [6.07, 6.45) is 1.76. The van der Waals surface area contributed by atoms with Gasteiger partial charge in [-0.2, -0.15) is 0 Å². The summed E-state index contributed by atoms with van der Waals surface area (Å²) in [5.74, 6) is -0.802. The van der Waals surface area contributed by atoms with Crippen LogP contribution in [0.25, 0.3) is 5.69 Å². The fraction of sp³-hybridized carbons (Fsp3) is 0.148. The number of para-hydroxylation sites is 1. The highest BCUT2D eigenvalue weighted by molar-refractivity contribution is 7.80. The number of carboxylic acid groups (broad SMARTS) is 1. The smallest absolute Gasteiger partial charge is 0.337 e. The number of aromatic carboxylic acids is 1. The van der Waals surface area contributed by atoms with Gasteiger partial charge in [-0.25, -0.2) is 4.79 Å². The number of nitrogens with one attached hydrogen (secondary N) is 1. The van der Waals surface area contributed by atoms with Crippen LogP contribution in [0, 0.1) is 13.8 Å². The van der Waals surface area contributed by atoms with Gasteiger partial charge >= 0.3 is 5.97 Å². The third-order valence-electron chi connectivity index (χ3n) is 6.39. The van der Waals surface area contributed by atoms with E-state index in [4.69, 9.17) is 12.2 Å². The van der Waals surface area contributed by atoms with Gasteiger partial charge in [0, 0.05) is 23.3 Å². The third kappa shape index (κ3) is 3.91. The van der Waals surface area contributed by atoms with Gasteiger partial charge in [-0.1, -0.05) is 18.2 Å². The molecule has 176 valence electrons. The van der Waals surface area contributed by atoms with Gasteiger partial charge in [0.15, 0.2) is 5.11 Å². The predicted octanol–water partition coefficient (Wildman–Crippen LogP) is 5.07. The standard InChI is InChI=1S/C27H24N4O3S/c1-16-15-21(17(2)30(16)23-9-4-3-7-20(23)26(33)34)25-24(22-8-5-6-14-28-22)29-27(35)31(25)18-10-12-19(32)13-11-18/h3-15,24-25,32H,1-2H3,(H,29,35)(H,33,34). The van der Waals surface area contributed by atoms with E-state index >= 15 is 0 Å². The molecule has 0 aliphatic carbocycles. The van der Waals surface area contributed by atoms with Crippen molar-refractivity contribution >= 4 is 29.0 Å². The number of nitrogens with zero attached hydrogens (tertiary/aromatic N) is 3. The SMILES string of the molecule is Cc1cc(C2C(c3ccccn3)NC(=S)N2c2ccc(O)cc2)c(C)n1-c1ccccc1C(=O)O. The van der Waals surface area contributed by atoms with E-state index in [-0.39, 0.29) is 23.4 Å². The van der Waals surface area contributed by atoms with Crippen LogP contribution in [0.1, 0.15) is 45.1 Å². The van der Waals surface area contributed by atoms with E-state index in [0.717, 1.165) is 28.3 Å². The number of phenolic OH excluding ortho intramolecular Hbond substituents is 1. The van der Waals surface area contributed by atoms with E-state index in [1.165, 1.54) is 0 Å². The first-order valence-corrected chi connectivity index (χ1v) is 11.6. The molecule has 1 fully saturated rings. The number of anilines is 1. The Morgan fingerprint density at radius 1 is 1.03 bits per heavy atom. The first-order chi connectivity index (χ1) is 16.9. The van der Waals surface area contributed by atoms with E-state index in [2.05, 4.69) is 16.4 Å². The van der Waals surface area contributed by atoms with Gasteiger partial charge in [0.05, 0.1) is 29.0 Å². The van der Waals surface area contributed by atoms with Crippen LogP contribution in [0.4, 0.5) is 5.69 Å². The van der Waals surface area contributed by atoms with Crippen LogP contribution in [0.2, 0.25) is 0 Å². The van der Waals surface area contributed by atoms with Crippen molar-refractivity contribution in [1.82, 2.24) is 14.9 Å². The molecule has 0 amide bonds. The normalized spacial score (nSPS) is 17.4. The maximum atomic E-state index is 11.9. The quantitative estimate of drug-likeness (QED) is 0.341. The molecule has 4 aromatic rings. The first kappa shape index (κ1) is 22.6. The fourth-order valence-corrected chi connectivity index (χ4v) is 5.22. The maximum Gasteiger partial charge on any atom is 0.337 e. The van der Waals surface area contributed by atoms with Crippen molar-refractivity contribution in [2.45, 2.75) is 25.9 Å². The maximum absolute atomic E-state index is 11.9. The number of hydrogen-bond donors (Lipinski definition) is 3. The zero-order chi connectivity index (χ0) is 24.7. The van der Waals surface area contributed by atoms with Gasteiger partial charge < -0.3 is 25.0 Å². The van der Waals surface area contributed by atoms with Crippen LogP contribution >= 0.6 is 12.2 Å². The molecule has 5 rings (SSSR count). The third-order valence-corrected chi connectivity index (χ3v) is 6.70. The molecule has 3 heterocycles. The van der Waals surface area contributed by atoms with E-state index in [9.17, 15) is 15.0 Å². The number of carboxylic acids is 1. The number of aromatic hydroxyl groups is 1. The Morgan fingerprint density at radius 3 is 2.43 bits per heavy atom. The van der Waals surface area contributed by atoms with Gasteiger partial charge in [0.1, 0.15) is 5.75 Å². The minimum absolute atomic E-state index is 0.174. The molecular formula is C27H24N4O3S. The zero-order valence-corrected chi connectivity index (χ0v) is 20.0. The molecule has 2 aromatic heterocycles. The van der Waals surface area contributed by atoms with Crippen LogP contribution < -0.4 is 10.2 Å². The number of benzene rings is 2. The molecule has 1 saturated heterocycles. The predicted molar refractivity (Wildman–Crippen MR) is 138 cm³/mol. The largest absolute Gasteiger partial charge is 0.508 e. The molecule has 7 nitrogen and oxygen atoms in total. The summed E-state index contributed by atoms with van der Waals surface area (Å²) in [6.45, 7) is 3.96. The fourth-order valence-electron chi connectivity index (χ4n) is 4.87. The Kier molecular flexibility index (Phi) is 5.74. The second-order valence-electron chi connectivity index (χ2n) is 8.50. The number of aryl methyl sites for hydroxylation is 1. The molecule has 0 spiro atoms. The number of pyridine rings is 1. The average Bonchev–Trinajstić information content (AvgIpc) is 3.35. The molecule has 2 aromatic carbocycles. The summed E-state index contributed by atoms with van der Waals surface area (Å²) in [5, 5.41) is 23.6. The summed E-state index contributed by atoms with van der Waals surface area (Å²) < 4.78 is 1.98. The lowest BCUT2D eigenvalue weighted by Crippen LogP contribution is -2.29. The van der Waals surface area contributed by atoms with Crippen molar-refractivity contribution in [2.24, 2.45) is 0 Å². The minimum atomic E-state index is -0.976. The molecule has 2 atom stereocenters. The number of rotatable bonds is 5. The number of hydrogen-bond acceptors (Lipinski definition) is 4. The second kappa shape index (κ2) is 8.88. The van der Waals surface area contributed by atoms with E-state index in [1.54, 1.807) is 30.5 Å². The lowest BCUT2D eigenvalue weighted by atomic mass is 9.96. The van der Waals surface area contributed by atoms with Gasteiger partial charge in [-0.05, 0) is 86.2 Å². The van der Waals surface area contributed by atoms with Gasteiger partial charge in [-0.3, -0.25) is 4.98 Å². The molecule has 1 aliphatic rings. The zero-order valence-electron chi connectivity index (χ0n) is 19.2. The molecule has 8 heteroatoms. The molecule has 2 unspecified atom stereocenters. The summed E-state index contributed by atoms with van der Waals surface area (Å²) in [7, 11) is 0. The van der Waals surface area contributed by atoms with Crippen molar-refractivity contribution in [3.8, 4) is 11.4 Å². The summed E-state index contributed by atoms with van der Waals surface area (Å²) in [4.78, 5) is 18.6. The summed E-state index contributed by atoms with van der Waals surface area (Å²) >= 11 is 5.78. The molecule has 0 radical (unpaired) electrons. The van der Waals surface area contributed by atoms with Crippen molar-refractivity contribution in [3.05, 3.63) is 107 Å². The molecule has 35 heavy (non-hydrogen) atoms. The second-order valence-corrected chi connectivity index (χ2v) is 8.88. The van der Waals surface area contributed by atoms with Crippen molar-refractivity contribution in [2.75, 3.05) is 4.90 Å². The first-order valence-electron chi connectivity index (χ1n) is 11.2. The Labute approximate surface area is 208 Å². The van der Waals surface area contributed by atoms with Crippen LogP contribution in [0.15, 0.2) is 79.0 Å². The van der Waals surface area contributed by atoms with Crippen LogP contribution in [0.3, 0.4) is 0 Å². The van der Waals surface area contributed by atoms with Crippen molar-refractivity contribution < 1.29 is 15.0 Å². The highest BCUT2D eigenvalue weighted by atomic mass is 32.1. The van der Waals surface area contributed by atoms with Crippen LogP contribution in [-0.4, -0.2) is 30.8 Å². The Hall–Kier alpha value is -4.17. The highest BCUT2D eigenvalue weighted by Gasteiger charge is 2.42. The summed E-state index contributed by atoms with van der Waals surface area (Å²) in [5.41, 5.74) is 5.35. The monoisotopic (exact) mass is 484 g/mol.